The summed E-state index contributed by atoms with van der Waals surface area (Å²) in [6.45, 7) is 12.1. The molecule has 2 N–H and O–H groups in total. The third kappa shape index (κ3) is 7.14. The Morgan fingerprint density at radius 2 is 1.50 bits per heavy atom. The Labute approximate surface area is 226 Å². The molecule has 0 saturated carbocycles. The molecule has 0 unspecified atom stereocenters. The summed E-state index contributed by atoms with van der Waals surface area (Å²) in [5, 5.41) is 32.0. The standard InChI is InChI=1S/C22H31NO.C11H8O3/c1-16(2)23(17(3)4)14-13-20(19-9-7-6-8-10-19)21-15-18(5)11-12-22(21)24;12-10-8-4-2-1-3-7(8)5-6-9(10)11(13)14/h6-12,15-17,20,24H,13-14H2,1-5H3;1-6,12H,(H,13,14)/p-1/t20-;/m1./s1. The number of phenolic OH excluding ortho intramolecular Hbond substituents is 1. The number of hydrogen-bond donors (Lipinski definition) is 2. The number of carbonyl (C=O) groups is 1. The lowest BCUT2D eigenvalue weighted by atomic mass is 9.87. The smallest absolute Gasteiger partial charge is 0.335 e. The number of nitrogens with zero attached hydrogens (tertiary/aromatic N) is 1. The van der Waals surface area contributed by atoms with Crippen LogP contribution in [0, 0.1) is 6.92 Å². The van der Waals surface area contributed by atoms with E-state index in [2.05, 4.69) is 69.9 Å². The molecular weight excluding hydrogens is 474 g/mol. The van der Waals surface area contributed by atoms with Crippen molar-refractivity contribution in [2.75, 3.05) is 6.54 Å². The monoisotopic (exact) mass is 512 g/mol. The second kappa shape index (κ2) is 13.1. The van der Waals surface area contributed by atoms with Gasteiger partial charge in [0.15, 0.2) is 0 Å². The molecule has 4 aromatic carbocycles. The number of benzene rings is 4. The van der Waals surface area contributed by atoms with Crippen LogP contribution in [0.25, 0.3) is 10.8 Å². The van der Waals surface area contributed by atoms with Crippen molar-refractivity contribution in [3.8, 4) is 11.5 Å². The highest BCUT2D eigenvalue weighted by molar-refractivity contribution is 5.99. The van der Waals surface area contributed by atoms with Crippen molar-refractivity contribution < 1.29 is 20.1 Å². The lowest BCUT2D eigenvalue weighted by molar-refractivity contribution is -0.266. The van der Waals surface area contributed by atoms with E-state index in [1.54, 1.807) is 24.3 Å². The van der Waals surface area contributed by atoms with Crippen molar-refractivity contribution in [2.45, 2.75) is 59.0 Å². The first kappa shape index (κ1) is 28.7. The van der Waals surface area contributed by atoms with Gasteiger partial charge in [0.2, 0.25) is 0 Å². The van der Waals surface area contributed by atoms with E-state index in [9.17, 15) is 15.0 Å². The fourth-order valence-electron chi connectivity index (χ4n) is 4.94. The molecule has 0 spiro atoms. The maximum atomic E-state index is 11.6. The van der Waals surface area contributed by atoms with Crippen LogP contribution >= 0.6 is 0 Å². The molecule has 5 heteroatoms. The Hall–Kier alpha value is -3.83. The predicted molar refractivity (Wildman–Crippen MR) is 153 cm³/mol. The summed E-state index contributed by atoms with van der Waals surface area (Å²) in [5.41, 5.74) is 3.32. The quantitative estimate of drug-likeness (QED) is 0.267. The molecule has 0 saturated heterocycles. The number of rotatable bonds is 8. The van der Waals surface area contributed by atoms with Gasteiger partial charge in [-0.1, -0.05) is 84.1 Å². The first-order valence-corrected chi connectivity index (χ1v) is 13.1. The van der Waals surface area contributed by atoms with E-state index < -0.39 is 11.7 Å². The van der Waals surface area contributed by atoms with Crippen molar-refractivity contribution in [2.24, 2.45) is 0 Å². The molecule has 0 aromatic heterocycles. The molecule has 0 amide bonds. The second-order valence-electron chi connectivity index (χ2n) is 10.2. The van der Waals surface area contributed by atoms with Gasteiger partial charge in [-0.2, -0.15) is 0 Å². The summed E-state index contributed by atoms with van der Waals surface area (Å²) in [5.74, 6) is -0.988. The highest BCUT2D eigenvalue weighted by Gasteiger charge is 2.21. The molecule has 0 aliphatic carbocycles. The summed E-state index contributed by atoms with van der Waals surface area (Å²) in [7, 11) is 0. The van der Waals surface area contributed by atoms with E-state index in [-0.39, 0.29) is 11.5 Å². The Morgan fingerprint density at radius 1 is 0.868 bits per heavy atom. The Balaban J connectivity index is 0.000000241. The van der Waals surface area contributed by atoms with Gasteiger partial charge in [0.1, 0.15) is 5.75 Å². The third-order valence-corrected chi connectivity index (χ3v) is 6.87. The van der Waals surface area contributed by atoms with E-state index in [4.69, 9.17) is 5.11 Å². The summed E-state index contributed by atoms with van der Waals surface area (Å²) in [4.78, 5) is 13.2. The molecule has 0 fully saturated rings. The van der Waals surface area contributed by atoms with Crippen LogP contribution in [0.1, 0.15) is 67.1 Å². The lowest BCUT2D eigenvalue weighted by Crippen LogP contribution is -2.38. The molecule has 5 nitrogen and oxygen atoms in total. The van der Waals surface area contributed by atoms with Crippen molar-refractivity contribution in [1.82, 2.24) is 4.90 Å². The zero-order chi connectivity index (χ0) is 27.8. The van der Waals surface area contributed by atoms with E-state index in [1.165, 1.54) is 17.2 Å². The predicted octanol–water partition coefficient (Wildman–Crippen LogP) is 6.95. The molecule has 0 aliphatic rings. The fourth-order valence-corrected chi connectivity index (χ4v) is 4.94. The summed E-state index contributed by atoms with van der Waals surface area (Å²) in [6.07, 6.45) is 0.997. The van der Waals surface area contributed by atoms with Crippen LogP contribution < -0.4 is 5.11 Å². The molecule has 4 aromatic rings. The van der Waals surface area contributed by atoms with Crippen LogP contribution in [0.4, 0.5) is 0 Å². The van der Waals surface area contributed by atoms with E-state index in [0.717, 1.165) is 23.9 Å². The van der Waals surface area contributed by atoms with Crippen LogP contribution in [-0.4, -0.2) is 39.7 Å². The first-order valence-electron chi connectivity index (χ1n) is 13.1. The minimum Gasteiger partial charge on any atom is -0.871 e. The number of phenols is 1. The van der Waals surface area contributed by atoms with Gasteiger partial charge in [0, 0.05) is 23.6 Å². The topological polar surface area (TPSA) is 83.8 Å². The van der Waals surface area contributed by atoms with Crippen LogP contribution in [0.15, 0.2) is 84.9 Å². The largest absolute Gasteiger partial charge is 0.871 e. The van der Waals surface area contributed by atoms with E-state index >= 15 is 0 Å². The molecule has 0 aliphatic heterocycles. The molecule has 38 heavy (non-hydrogen) atoms. The minimum absolute atomic E-state index is 0.177. The van der Waals surface area contributed by atoms with Gasteiger partial charge in [-0.05, 0) is 76.1 Å². The zero-order valence-corrected chi connectivity index (χ0v) is 22.9. The van der Waals surface area contributed by atoms with Crippen LogP contribution in [0.5, 0.6) is 11.5 Å². The van der Waals surface area contributed by atoms with Crippen molar-refractivity contribution in [3.05, 3.63) is 107 Å². The van der Waals surface area contributed by atoms with Crippen LogP contribution in [0.2, 0.25) is 0 Å². The molecular formula is C33H38NO4-. The highest BCUT2D eigenvalue weighted by atomic mass is 16.4. The van der Waals surface area contributed by atoms with Gasteiger partial charge in [-0.15, -0.1) is 0 Å². The fraction of sp³-hybridized carbons (Fsp3) is 0.303. The Kier molecular flexibility index (Phi) is 9.91. The SMILES string of the molecule is Cc1ccc(O)c([C@H](CCN(C(C)C)C(C)C)c2ccccc2)c1.O=C(O)c1ccc2ccccc2c1[O-]. The molecule has 200 valence electrons. The van der Waals surface area contributed by atoms with E-state index in [1.807, 2.05) is 24.3 Å². The zero-order valence-electron chi connectivity index (χ0n) is 22.9. The molecule has 0 radical (unpaired) electrons. The number of aromatic hydroxyl groups is 1. The third-order valence-electron chi connectivity index (χ3n) is 6.87. The minimum atomic E-state index is -1.18. The molecule has 4 rings (SSSR count). The van der Waals surface area contributed by atoms with Crippen molar-refractivity contribution in [1.29, 1.82) is 0 Å². The number of aromatic carboxylic acids is 1. The summed E-state index contributed by atoms with van der Waals surface area (Å²) in [6, 6.07) is 27.4. The number of carboxylic acids is 1. The van der Waals surface area contributed by atoms with Gasteiger partial charge in [0.25, 0.3) is 0 Å². The molecule has 0 heterocycles. The first-order chi connectivity index (χ1) is 18.1. The van der Waals surface area contributed by atoms with Crippen molar-refractivity contribution in [3.63, 3.8) is 0 Å². The summed E-state index contributed by atoms with van der Waals surface area (Å²) >= 11 is 0. The van der Waals surface area contributed by atoms with E-state index in [0.29, 0.717) is 23.2 Å². The maximum Gasteiger partial charge on any atom is 0.335 e. The lowest BCUT2D eigenvalue weighted by Gasteiger charge is -2.32. The van der Waals surface area contributed by atoms with Gasteiger partial charge >= 0.3 is 5.97 Å². The van der Waals surface area contributed by atoms with Gasteiger partial charge in [-0.3, -0.25) is 4.90 Å². The summed E-state index contributed by atoms with van der Waals surface area (Å²) < 4.78 is 0. The second-order valence-corrected chi connectivity index (χ2v) is 10.2. The molecule has 1 atom stereocenters. The number of carboxylic acid groups (broad SMARTS) is 1. The number of fused-ring (bicyclic) bond motifs is 1. The van der Waals surface area contributed by atoms with Crippen LogP contribution in [0.3, 0.4) is 0 Å². The maximum absolute atomic E-state index is 11.6. The normalized spacial score (nSPS) is 12.0. The number of hydrogen-bond acceptors (Lipinski definition) is 4. The average Bonchev–Trinajstić information content (AvgIpc) is 2.89. The molecule has 0 bridgehead atoms. The number of aryl methyl sites for hydroxylation is 1. The highest BCUT2D eigenvalue weighted by Crippen LogP contribution is 2.35. The van der Waals surface area contributed by atoms with Gasteiger partial charge in [0.05, 0.1) is 5.56 Å². The Bertz CT molecular complexity index is 1340. The average molecular weight is 513 g/mol. The van der Waals surface area contributed by atoms with Gasteiger partial charge < -0.3 is 15.3 Å². The van der Waals surface area contributed by atoms with Crippen LogP contribution in [-0.2, 0) is 0 Å². The van der Waals surface area contributed by atoms with Gasteiger partial charge in [-0.25, -0.2) is 4.79 Å². The van der Waals surface area contributed by atoms with Crippen molar-refractivity contribution >= 4 is 16.7 Å². The Morgan fingerprint density at radius 3 is 2.13 bits per heavy atom.